The van der Waals surface area contributed by atoms with Crippen LogP contribution in [0, 0.1) is 0 Å². The second-order valence-corrected chi connectivity index (χ2v) is 18.6. The molecule has 0 unspecified atom stereocenters. The number of nitrogens with zero attached hydrogens (tertiary/aromatic N) is 1. The third kappa shape index (κ3) is 5.06. The zero-order valence-corrected chi connectivity index (χ0v) is 37.4. The molecule has 0 bridgehead atoms. The van der Waals surface area contributed by atoms with Crippen LogP contribution in [-0.2, 0) is 10.8 Å². The van der Waals surface area contributed by atoms with E-state index in [-0.39, 0.29) is 0 Å². The monoisotopic (exact) mass is 879 g/mol. The number of para-hydroxylation sites is 5. The summed E-state index contributed by atoms with van der Waals surface area (Å²) in [6.07, 6.45) is 0. The van der Waals surface area contributed by atoms with Gasteiger partial charge in [0.05, 0.1) is 22.2 Å². The van der Waals surface area contributed by atoms with E-state index in [0.717, 1.165) is 73.4 Å². The van der Waals surface area contributed by atoms with Crippen LogP contribution < -0.4 is 14.4 Å². The van der Waals surface area contributed by atoms with Crippen LogP contribution in [0.2, 0.25) is 0 Å². The van der Waals surface area contributed by atoms with Crippen LogP contribution in [0.5, 0.6) is 23.0 Å². The molecule has 0 amide bonds. The molecule has 69 heavy (non-hydrogen) atoms. The largest absolute Gasteiger partial charge is 0.457 e. The van der Waals surface area contributed by atoms with Crippen molar-refractivity contribution in [2.75, 3.05) is 4.90 Å². The number of benzene rings is 11. The molecule has 3 heteroatoms. The molecule has 11 aromatic carbocycles. The standard InChI is InChI=1S/C66H41NO2/c1-2-19-42(20-3-1)46-23-7-13-31-58(46)67(45-37-38-48-47-24-6-8-25-50(47)65(57(48)41-45)51-26-9-14-33-60(51)68-61-34-15-10-27-52(61)65)59-32-18-30-55-64(59)49-39-43-21-4-5-22-44(43)40-56(49)66(55)53-28-11-16-35-62(53)69-63-36-17-12-29-54(63)66/h1-41H. The lowest BCUT2D eigenvalue weighted by atomic mass is 9.66. The number of hydrogen-bond donors (Lipinski definition) is 0. The maximum Gasteiger partial charge on any atom is 0.132 e. The Labute approximate surface area is 400 Å². The first-order chi connectivity index (χ1) is 34.2. The summed E-state index contributed by atoms with van der Waals surface area (Å²) in [6, 6.07) is 91.1. The maximum atomic E-state index is 6.82. The summed E-state index contributed by atoms with van der Waals surface area (Å²) < 4.78 is 13.6. The lowest BCUT2D eigenvalue weighted by Gasteiger charge is -2.40. The van der Waals surface area contributed by atoms with E-state index in [1.165, 1.54) is 55.3 Å². The molecule has 0 saturated carbocycles. The predicted octanol–water partition coefficient (Wildman–Crippen LogP) is 16.9. The minimum atomic E-state index is -0.667. The van der Waals surface area contributed by atoms with Gasteiger partial charge in [0.25, 0.3) is 0 Å². The summed E-state index contributed by atoms with van der Waals surface area (Å²) in [5.41, 5.74) is 18.7. The lowest BCUT2D eigenvalue weighted by Crippen LogP contribution is -2.32. The zero-order valence-electron chi connectivity index (χ0n) is 37.4. The van der Waals surface area contributed by atoms with Crippen molar-refractivity contribution >= 4 is 27.8 Å². The average molecular weight is 880 g/mol. The van der Waals surface area contributed by atoms with Crippen molar-refractivity contribution in [2.45, 2.75) is 10.8 Å². The van der Waals surface area contributed by atoms with Crippen molar-refractivity contribution < 1.29 is 9.47 Å². The average Bonchev–Trinajstić information content (AvgIpc) is 3.86. The van der Waals surface area contributed by atoms with Crippen molar-refractivity contribution in [3.63, 3.8) is 0 Å². The fourth-order valence-electron chi connectivity index (χ4n) is 12.7. The first-order valence-corrected chi connectivity index (χ1v) is 23.8. The molecule has 2 aliphatic carbocycles. The van der Waals surface area contributed by atoms with Crippen LogP contribution in [0.3, 0.4) is 0 Å². The zero-order chi connectivity index (χ0) is 45.3. The summed E-state index contributed by atoms with van der Waals surface area (Å²) in [6.45, 7) is 0. The Morgan fingerprint density at radius 3 is 1.36 bits per heavy atom. The summed E-state index contributed by atoms with van der Waals surface area (Å²) in [5.74, 6) is 3.51. The highest BCUT2D eigenvalue weighted by Gasteiger charge is 2.54. The molecule has 11 aromatic rings. The van der Waals surface area contributed by atoms with Gasteiger partial charge >= 0.3 is 0 Å². The van der Waals surface area contributed by atoms with Gasteiger partial charge in [-0.15, -0.1) is 0 Å². The second-order valence-electron chi connectivity index (χ2n) is 18.6. The number of fused-ring (bicyclic) bond motifs is 19. The number of anilines is 3. The van der Waals surface area contributed by atoms with E-state index in [9.17, 15) is 0 Å². The molecule has 15 rings (SSSR count). The number of rotatable bonds is 4. The van der Waals surface area contributed by atoms with E-state index in [0.29, 0.717) is 0 Å². The quantitative estimate of drug-likeness (QED) is 0.176. The fourth-order valence-corrected chi connectivity index (χ4v) is 12.7. The first kappa shape index (κ1) is 38.2. The molecule has 0 fully saturated rings. The minimum Gasteiger partial charge on any atom is -0.457 e. The molecule has 0 N–H and O–H groups in total. The van der Waals surface area contributed by atoms with Crippen molar-refractivity contribution in [2.24, 2.45) is 0 Å². The van der Waals surface area contributed by atoms with E-state index >= 15 is 0 Å². The highest BCUT2D eigenvalue weighted by molar-refractivity contribution is 6.04. The van der Waals surface area contributed by atoms with E-state index < -0.39 is 10.8 Å². The Bertz CT molecular complexity index is 3850. The van der Waals surface area contributed by atoms with Crippen LogP contribution in [-0.4, -0.2) is 0 Å². The Balaban J connectivity index is 1.08. The maximum absolute atomic E-state index is 6.82. The van der Waals surface area contributed by atoms with E-state index in [2.05, 4.69) is 254 Å². The summed E-state index contributed by atoms with van der Waals surface area (Å²) >= 11 is 0. The molecule has 2 spiro atoms. The molecule has 322 valence electrons. The smallest absolute Gasteiger partial charge is 0.132 e. The fraction of sp³-hybridized carbons (Fsp3) is 0.0303. The summed E-state index contributed by atoms with van der Waals surface area (Å²) in [4.78, 5) is 2.55. The van der Waals surface area contributed by atoms with Gasteiger partial charge < -0.3 is 14.4 Å². The Morgan fingerprint density at radius 1 is 0.275 bits per heavy atom. The van der Waals surface area contributed by atoms with Crippen molar-refractivity contribution in [3.05, 3.63) is 293 Å². The molecule has 4 aliphatic rings. The van der Waals surface area contributed by atoms with Gasteiger partial charge in [0, 0.05) is 39.1 Å². The van der Waals surface area contributed by atoms with Gasteiger partial charge in [-0.05, 0) is 116 Å². The topological polar surface area (TPSA) is 21.7 Å². The van der Waals surface area contributed by atoms with Gasteiger partial charge in [-0.2, -0.15) is 0 Å². The van der Waals surface area contributed by atoms with E-state index in [1.54, 1.807) is 0 Å². The third-order valence-corrected chi connectivity index (χ3v) is 15.4. The number of ether oxygens (including phenoxy) is 2. The Morgan fingerprint density at radius 2 is 0.725 bits per heavy atom. The number of hydrogen-bond acceptors (Lipinski definition) is 3. The first-order valence-electron chi connectivity index (χ1n) is 23.8. The Kier molecular flexibility index (Phi) is 7.92. The van der Waals surface area contributed by atoms with Crippen LogP contribution in [0.25, 0.3) is 44.2 Å². The molecule has 0 radical (unpaired) electrons. The SMILES string of the molecule is c1ccc(-c2ccccc2N(c2ccc3c(c2)C2(c4ccccc4Oc4ccccc42)c2ccccc2-3)c2cccc3c2-c2cc4ccccc4cc2C32c3ccccc3Oc3ccccc32)cc1. The van der Waals surface area contributed by atoms with Gasteiger partial charge in [-0.1, -0.05) is 188 Å². The molecule has 0 saturated heterocycles. The van der Waals surface area contributed by atoms with E-state index in [4.69, 9.17) is 9.47 Å². The third-order valence-electron chi connectivity index (χ3n) is 15.4. The summed E-state index contributed by atoms with van der Waals surface area (Å²) in [5, 5.41) is 2.41. The normalized spacial score (nSPS) is 14.3. The predicted molar refractivity (Wildman–Crippen MR) is 279 cm³/mol. The van der Waals surface area contributed by atoms with Gasteiger partial charge in [0.15, 0.2) is 0 Å². The van der Waals surface area contributed by atoms with Gasteiger partial charge in [0.1, 0.15) is 23.0 Å². The molecule has 3 nitrogen and oxygen atoms in total. The highest BCUT2D eigenvalue weighted by atomic mass is 16.5. The molecular weight excluding hydrogens is 839 g/mol. The van der Waals surface area contributed by atoms with Crippen LogP contribution in [0.15, 0.2) is 249 Å². The molecule has 0 atom stereocenters. The van der Waals surface area contributed by atoms with Crippen molar-refractivity contribution in [1.82, 2.24) is 0 Å². The van der Waals surface area contributed by atoms with Crippen molar-refractivity contribution in [3.8, 4) is 56.4 Å². The highest BCUT2D eigenvalue weighted by Crippen LogP contribution is 2.66. The van der Waals surface area contributed by atoms with Gasteiger partial charge in [-0.3, -0.25) is 0 Å². The van der Waals surface area contributed by atoms with Crippen molar-refractivity contribution in [1.29, 1.82) is 0 Å². The van der Waals surface area contributed by atoms with Crippen LogP contribution in [0.4, 0.5) is 17.1 Å². The van der Waals surface area contributed by atoms with Crippen LogP contribution in [0.1, 0.15) is 44.5 Å². The van der Waals surface area contributed by atoms with Gasteiger partial charge in [0.2, 0.25) is 0 Å². The summed E-state index contributed by atoms with van der Waals surface area (Å²) in [7, 11) is 0. The second kappa shape index (κ2) is 14.3. The van der Waals surface area contributed by atoms with Gasteiger partial charge in [-0.25, -0.2) is 0 Å². The molecule has 2 aliphatic heterocycles. The molecular formula is C66H41NO2. The Hall–Kier alpha value is -8.92. The van der Waals surface area contributed by atoms with E-state index in [1.807, 2.05) is 0 Å². The molecule has 2 heterocycles. The minimum absolute atomic E-state index is 0.637. The lowest BCUT2D eigenvalue weighted by molar-refractivity contribution is 0.436. The van der Waals surface area contributed by atoms with Crippen LogP contribution >= 0.6 is 0 Å². The molecule has 0 aromatic heterocycles.